The van der Waals surface area contributed by atoms with E-state index in [0.717, 1.165) is 11.3 Å². The van der Waals surface area contributed by atoms with Gasteiger partial charge in [0.05, 0.1) is 12.9 Å². The van der Waals surface area contributed by atoms with Gasteiger partial charge in [0.1, 0.15) is 17.6 Å². The minimum absolute atomic E-state index is 0.546. The third-order valence-corrected chi connectivity index (χ3v) is 2.32. The van der Waals surface area contributed by atoms with Crippen molar-refractivity contribution in [3.63, 3.8) is 0 Å². The minimum atomic E-state index is -0.717. The van der Waals surface area contributed by atoms with Gasteiger partial charge in [-0.1, -0.05) is 12.1 Å². The SMILES string of the molecule is CCOc1ccc([C@H](O)c2ccco2)cc1. The summed E-state index contributed by atoms with van der Waals surface area (Å²) in [5.74, 6) is 1.35. The van der Waals surface area contributed by atoms with Crippen LogP contribution in [0.3, 0.4) is 0 Å². The average Bonchev–Trinajstić information content (AvgIpc) is 2.83. The Hall–Kier alpha value is -1.74. The summed E-state index contributed by atoms with van der Waals surface area (Å²) >= 11 is 0. The van der Waals surface area contributed by atoms with Gasteiger partial charge >= 0.3 is 0 Å². The van der Waals surface area contributed by atoms with Crippen LogP contribution >= 0.6 is 0 Å². The van der Waals surface area contributed by atoms with Crippen LogP contribution in [0, 0.1) is 0 Å². The van der Waals surface area contributed by atoms with Crippen LogP contribution in [0.15, 0.2) is 47.1 Å². The summed E-state index contributed by atoms with van der Waals surface area (Å²) in [6.07, 6.45) is 0.832. The molecule has 16 heavy (non-hydrogen) atoms. The molecular formula is C13H14O3. The Bertz CT molecular complexity index is 417. The highest BCUT2D eigenvalue weighted by molar-refractivity contribution is 5.31. The van der Waals surface area contributed by atoms with Crippen LogP contribution in [0.5, 0.6) is 5.75 Å². The molecule has 0 saturated carbocycles. The Morgan fingerprint density at radius 1 is 1.25 bits per heavy atom. The zero-order valence-corrected chi connectivity index (χ0v) is 9.09. The molecule has 3 heteroatoms. The molecule has 1 heterocycles. The van der Waals surface area contributed by atoms with Gasteiger partial charge in [0.25, 0.3) is 0 Å². The molecule has 0 aliphatic carbocycles. The molecule has 1 aromatic heterocycles. The second-order valence-corrected chi connectivity index (χ2v) is 3.42. The molecule has 84 valence electrons. The van der Waals surface area contributed by atoms with Crippen molar-refractivity contribution in [3.05, 3.63) is 54.0 Å². The first-order valence-corrected chi connectivity index (χ1v) is 5.25. The summed E-state index contributed by atoms with van der Waals surface area (Å²) in [6.45, 7) is 2.58. The second kappa shape index (κ2) is 4.86. The highest BCUT2D eigenvalue weighted by Crippen LogP contribution is 2.24. The number of furan rings is 1. The largest absolute Gasteiger partial charge is 0.494 e. The normalized spacial score (nSPS) is 12.4. The van der Waals surface area contributed by atoms with Gasteiger partial charge in [-0.25, -0.2) is 0 Å². The van der Waals surface area contributed by atoms with E-state index in [1.807, 2.05) is 31.2 Å². The molecule has 0 amide bonds. The molecule has 0 fully saturated rings. The zero-order valence-electron chi connectivity index (χ0n) is 9.09. The molecule has 1 atom stereocenters. The maximum Gasteiger partial charge on any atom is 0.137 e. The summed E-state index contributed by atoms with van der Waals surface area (Å²) in [7, 11) is 0. The molecule has 0 spiro atoms. The molecule has 0 radical (unpaired) electrons. The fraction of sp³-hybridized carbons (Fsp3) is 0.231. The van der Waals surface area contributed by atoms with E-state index in [-0.39, 0.29) is 0 Å². The molecule has 0 aliphatic heterocycles. The number of hydrogen-bond donors (Lipinski definition) is 1. The van der Waals surface area contributed by atoms with Crippen LogP contribution < -0.4 is 4.74 Å². The summed E-state index contributed by atoms with van der Waals surface area (Å²) in [5.41, 5.74) is 0.790. The lowest BCUT2D eigenvalue weighted by Gasteiger charge is -2.09. The van der Waals surface area contributed by atoms with E-state index in [9.17, 15) is 5.11 Å². The maximum absolute atomic E-state index is 9.97. The monoisotopic (exact) mass is 218 g/mol. The average molecular weight is 218 g/mol. The molecule has 0 saturated heterocycles. The number of hydrogen-bond acceptors (Lipinski definition) is 3. The second-order valence-electron chi connectivity index (χ2n) is 3.42. The van der Waals surface area contributed by atoms with Crippen molar-refractivity contribution >= 4 is 0 Å². The lowest BCUT2D eigenvalue weighted by atomic mass is 10.1. The van der Waals surface area contributed by atoms with Crippen LogP contribution in [0.2, 0.25) is 0 Å². The van der Waals surface area contributed by atoms with Crippen molar-refractivity contribution in [2.45, 2.75) is 13.0 Å². The van der Waals surface area contributed by atoms with Gasteiger partial charge in [-0.3, -0.25) is 0 Å². The van der Waals surface area contributed by atoms with Crippen molar-refractivity contribution < 1.29 is 14.3 Å². The van der Waals surface area contributed by atoms with Gasteiger partial charge in [-0.2, -0.15) is 0 Å². The van der Waals surface area contributed by atoms with E-state index >= 15 is 0 Å². The fourth-order valence-corrected chi connectivity index (χ4v) is 1.52. The maximum atomic E-state index is 9.97. The first-order chi connectivity index (χ1) is 7.81. The standard InChI is InChI=1S/C13H14O3/c1-2-15-11-7-5-10(6-8-11)13(14)12-4-3-9-16-12/h3-9,13-14H,2H2,1H3/t13-/m0/s1. The Morgan fingerprint density at radius 3 is 2.56 bits per heavy atom. The summed E-state index contributed by atoms with van der Waals surface area (Å²) in [6, 6.07) is 10.8. The summed E-state index contributed by atoms with van der Waals surface area (Å²) in [4.78, 5) is 0. The molecule has 2 aromatic rings. The molecule has 0 bridgehead atoms. The van der Waals surface area contributed by atoms with Crippen LogP contribution in [-0.2, 0) is 0 Å². The summed E-state index contributed by atoms with van der Waals surface area (Å²) in [5, 5.41) is 9.97. The molecule has 0 aliphatic rings. The molecule has 3 nitrogen and oxygen atoms in total. The Kier molecular flexibility index (Phi) is 3.27. The van der Waals surface area contributed by atoms with Crippen LogP contribution in [0.1, 0.15) is 24.4 Å². The van der Waals surface area contributed by atoms with Gasteiger partial charge < -0.3 is 14.3 Å². The van der Waals surface area contributed by atoms with Gasteiger partial charge in [-0.15, -0.1) is 0 Å². The lowest BCUT2D eigenvalue weighted by molar-refractivity contribution is 0.189. The van der Waals surface area contributed by atoms with Gasteiger partial charge in [-0.05, 0) is 36.8 Å². The number of rotatable bonds is 4. The van der Waals surface area contributed by atoms with Crippen LogP contribution in [0.4, 0.5) is 0 Å². The highest BCUT2D eigenvalue weighted by Gasteiger charge is 2.12. The van der Waals surface area contributed by atoms with E-state index in [2.05, 4.69) is 0 Å². The predicted molar refractivity (Wildman–Crippen MR) is 60.4 cm³/mol. The summed E-state index contributed by atoms with van der Waals surface area (Å²) < 4.78 is 10.5. The van der Waals surface area contributed by atoms with Gasteiger partial charge in [0, 0.05) is 0 Å². The lowest BCUT2D eigenvalue weighted by Crippen LogP contribution is -1.98. The van der Waals surface area contributed by atoms with Crippen molar-refractivity contribution in [2.24, 2.45) is 0 Å². The van der Waals surface area contributed by atoms with E-state index in [0.29, 0.717) is 12.4 Å². The molecule has 1 aromatic carbocycles. The molecule has 2 rings (SSSR count). The van der Waals surface area contributed by atoms with E-state index in [1.165, 1.54) is 0 Å². The van der Waals surface area contributed by atoms with Crippen molar-refractivity contribution in [1.29, 1.82) is 0 Å². The fourth-order valence-electron chi connectivity index (χ4n) is 1.52. The van der Waals surface area contributed by atoms with E-state index in [1.54, 1.807) is 18.4 Å². The number of ether oxygens (including phenoxy) is 1. The number of aliphatic hydroxyl groups excluding tert-OH is 1. The van der Waals surface area contributed by atoms with E-state index in [4.69, 9.17) is 9.15 Å². The van der Waals surface area contributed by atoms with Crippen molar-refractivity contribution in [2.75, 3.05) is 6.61 Å². The molecular weight excluding hydrogens is 204 g/mol. The number of benzene rings is 1. The number of aliphatic hydroxyl groups is 1. The zero-order chi connectivity index (χ0) is 11.4. The topological polar surface area (TPSA) is 42.6 Å². The van der Waals surface area contributed by atoms with Crippen LogP contribution in [-0.4, -0.2) is 11.7 Å². The van der Waals surface area contributed by atoms with Gasteiger partial charge in [0.2, 0.25) is 0 Å². The molecule has 0 unspecified atom stereocenters. The Balaban J connectivity index is 2.15. The first kappa shape index (κ1) is 10.8. The minimum Gasteiger partial charge on any atom is -0.494 e. The highest BCUT2D eigenvalue weighted by atomic mass is 16.5. The third kappa shape index (κ3) is 2.25. The quantitative estimate of drug-likeness (QED) is 0.858. The Labute approximate surface area is 94.3 Å². The van der Waals surface area contributed by atoms with Crippen LogP contribution in [0.25, 0.3) is 0 Å². The Morgan fingerprint density at radius 2 is 2.00 bits per heavy atom. The van der Waals surface area contributed by atoms with E-state index < -0.39 is 6.10 Å². The smallest absolute Gasteiger partial charge is 0.137 e. The third-order valence-electron chi connectivity index (χ3n) is 2.32. The van der Waals surface area contributed by atoms with Crippen molar-refractivity contribution in [1.82, 2.24) is 0 Å². The molecule has 1 N–H and O–H groups in total. The predicted octanol–water partition coefficient (Wildman–Crippen LogP) is 2.76. The van der Waals surface area contributed by atoms with Crippen molar-refractivity contribution in [3.8, 4) is 5.75 Å². The first-order valence-electron chi connectivity index (χ1n) is 5.25. The van der Waals surface area contributed by atoms with Gasteiger partial charge in [0.15, 0.2) is 0 Å².